The highest BCUT2D eigenvalue weighted by Gasteiger charge is 2.25. The molecule has 118 valence electrons. The monoisotopic (exact) mass is 311 g/mol. The van der Waals surface area contributed by atoms with Crippen molar-refractivity contribution in [1.82, 2.24) is 5.32 Å². The summed E-state index contributed by atoms with van der Waals surface area (Å²) in [6.07, 6.45) is 1.82. The molecule has 1 aliphatic rings. The van der Waals surface area contributed by atoms with Crippen LogP contribution in [0.15, 0.2) is 24.3 Å². The van der Waals surface area contributed by atoms with E-state index in [1.54, 1.807) is 0 Å². The quantitative estimate of drug-likeness (QED) is 0.908. The standard InChI is InChI=1S/C16H25NO3S/c1-12(2)20-16-8-4-6-14(10-16)13(3)17-15-7-5-9-21(18,19)11-15/h4,6,8,10,12-13,15,17H,5,7,9,11H2,1-3H3. The summed E-state index contributed by atoms with van der Waals surface area (Å²) in [5, 5.41) is 3.44. The van der Waals surface area contributed by atoms with Crippen molar-refractivity contribution < 1.29 is 13.2 Å². The number of ether oxygens (including phenoxy) is 1. The molecule has 1 N–H and O–H groups in total. The van der Waals surface area contributed by atoms with E-state index in [-0.39, 0.29) is 23.9 Å². The zero-order valence-electron chi connectivity index (χ0n) is 13.0. The SMILES string of the molecule is CC(C)Oc1cccc(C(C)NC2CCCS(=O)(=O)C2)c1. The highest BCUT2D eigenvalue weighted by molar-refractivity contribution is 7.91. The average molecular weight is 311 g/mol. The third kappa shape index (κ3) is 5.00. The molecular weight excluding hydrogens is 286 g/mol. The van der Waals surface area contributed by atoms with Crippen molar-refractivity contribution in [3.63, 3.8) is 0 Å². The maximum atomic E-state index is 11.7. The number of benzene rings is 1. The van der Waals surface area contributed by atoms with Crippen LogP contribution >= 0.6 is 0 Å². The number of hydrogen-bond acceptors (Lipinski definition) is 4. The molecule has 0 saturated carbocycles. The summed E-state index contributed by atoms with van der Waals surface area (Å²) < 4.78 is 29.1. The van der Waals surface area contributed by atoms with E-state index < -0.39 is 9.84 Å². The van der Waals surface area contributed by atoms with Crippen LogP contribution in [0.2, 0.25) is 0 Å². The molecule has 1 saturated heterocycles. The van der Waals surface area contributed by atoms with E-state index in [4.69, 9.17) is 4.74 Å². The maximum Gasteiger partial charge on any atom is 0.151 e. The molecule has 1 heterocycles. The van der Waals surface area contributed by atoms with Crippen LogP contribution in [-0.2, 0) is 9.84 Å². The van der Waals surface area contributed by atoms with E-state index in [1.807, 2.05) is 38.1 Å². The Hall–Kier alpha value is -1.07. The molecule has 0 aromatic heterocycles. The second-order valence-electron chi connectivity index (χ2n) is 6.08. The van der Waals surface area contributed by atoms with Crippen LogP contribution in [0, 0.1) is 0 Å². The van der Waals surface area contributed by atoms with Gasteiger partial charge in [-0.15, -0.1) is 0 Å². The van der Waals surface area contributed by atoms with E-state index in [0.717, 1.165) is 24.2 Å². The van der Waals surface area contributed by atoms with Crippen LogP contribution in [0.5, 0.6) is 5.75 Å². The van der Waals surface area contributed by atoms with Gasteiger partial charge in [0, 0.05) is 12.1 Å². The van der Waals surface area contributed by atoms with Gasteiger partial charge in [0.1, 0.15) is 5.75 Å². The van der Waals surface area contributed by atoms with Gasteiger partial charge < -0.3 is 10.1 Å². The summed E-state index contributed by atoms with van der Waals surface area (Å²) in [4.78, 5) is 0. The zero-order chi connectivity index (χ0) is 15.5. The van der Waals surface area contributed by atoms with E-state index >= 15 is 0 Å². The predicted molar refractivity (Wildman–Crippen MR) is 85.4 cm³/mol. The first-order valence-electron chi connectivity index (χ1n) is 7.59. The van der Waals surface area contributed by atoms with Crippen LogP contribution in [0.3, 0.4) is 0 Å². The fourth-order valence-electron chi connectivity index (χ4n) is 2.73. The van der Waals surface area contributed by atoms with Crippen LogP contribution in [-0.4, -0.2) is 32.1 Å². The second kappa shape index (κ2) is 6.79. The molecule has 0 bridgehead atoms. The first-order valence-corrected chi connectivity index (χ1v) is 9.41. The van der Waals surface area contributed by atoms with E-state index in [9.17, 15) is 8.42 Å². The Morgan fingerprint density at radius 2 is 2.05 bits per heavy atom. The van der Waals surface area contributed by atoms with Gasteiger partial charge >= 0.3 is 0 Å². The molecule has 1 fully saturated rings. The number of rotatable bonds is 5. The number of sulfone groups is 1. The van der Waals surface area contributed by atoms with Crippen LogP contribution in [0.25, 0.3) is 0 Å². The fraction of sp³-hybridized carbons (Fsp3) is 0.625. The highest BCUT2D eigenvalue weighted by atomic mass is 32.2. The summed E-state index contributed by atoms with van der Waals surface area (Å²) in [5.41, 5.74) is 1.12. The summed E-state index contributed by atoms with van der Waals surface area (Å²) in [6.45, 7) is 6.07. The van der Waals surface area contributed by atoms with Gasteiger partial charge in [-0.3, -0.25) is 0 Å². The van der Waals surface area contributed by atoms with Crippen LogP contribution < -0.4 is 10.1 Å². The van der Waals surface area contributed by atoms with Crippen LogP contribution in [0.1, 0.15) is 45.2 Å². The van der Waals surface area contributed by atoms with Gasteiger partial charge in [0.2, 0.25) is 0 Å². The topological polar surface area (TPSA) is 55.4 Å². The lowest BCUT2D eigenvalue weighted by Gasteiger charge is -2.27. The minimum atomic E-state index is -2.87. The van der Waals surface area contributed by atoms with Gasteiger partial charge in [-0.25, -0.2) is 8.42 Å². The second-order valence-corrected chi connectivity index (χ2v) is 8.31. The first kappa shape index (κ1) is 16.3. The maximum absolute atomic E-state index is 11.7. The molecule has 0 aliphatic carbocycles. The number of nitrogens with one attached hydrogen (secondary N) is 1. The van der Waals surface area contributed by atoms with Crippen molar-refractivity contribution in [2.75, 3.05) is 11.5 Å². The van der Waals surface area contributed by atoms with Gasteiger partial charge in [0.15, 0.2) is 9.84 Å². The lowest BCUT2D eigenvalue weighted by molar-refractivity contribution is 0.242. The molecule has 2 rings (SSSR count). The molecule has 2 unspecified atom stereocenters. The lowest BCUT2D eigenvalue weighted by atomic mass is 10.1. The Morgan fingerprint density at radius 3 is 2.71 bits per heavy atom. The molecule has 4 nitrogen and oxygen atoms in total. The fourth-order valence-corrected chi connectivity index (χ4v) is 4.38. The molecule has 1 aliphatic heterocycles. The largest absolute Gasteiger partial charge is 0.491 e. The van der Waals surface area contributed by atoms with Crippen LogP contribution in [0.4, 0.5) is 0 Å². The van der Waals surface area contributed by atoms with Gasteiger partial charge in [-0.2, -0.15) is 0 Å². The minimum Gasteiger partial charge on any atom is -0.491 e. The Balaban J connectivity index is 2.01. The average Bonchev–Trinajstić information content (AvgIpc) is 2.37. The Bertz CT molecular complexity index is 569. The Morgan fingerprint density at radius 1 is 1.29 bits per heavy atom. The predicted octanol–water partition coefficient (Wildman–Crippen LogP) is 2.70. The van der Waals surface area contributed by atoms with Crippen molar-refractivity contribution >= 4 is 9.84 Å². The smallest absolute Gasteiger partial charge is 0.151 e. The summed E-state index contributed by atoms with van der Waals surface area (Å²) in [6, 6.07) is 8.15. The van der Waals surface area contributed by atoms with Gasteiger partial charge in [0.05, 0.1) is 17.6 Å². The summed E-state index contributed by atoms with van der Waals surface area (Å²) in [7, 11) is -2.87. The van der Waals surface area contributed by atoms with E-state index in [1.165, 1.54) is 0 Å². The lowest BCUT2D eigenvalue weighted by Crippen LogP contribution is -2.41. The molecular formula is C16H25NO3S. The minimum absolute atomic E-state index is 0.0495. The molecule has 0 amide bonds. The molecule has 21 heavy (non-hydrogen) atoms. The third-order valence-corrected chi connectivity index (χ3v) is 5.50. The van der Waals surface area contributed by atoms with Crippen molar-refractivity contribution in [3.05, 3.63) is 29.8 Å². The molecule has 1 aromatic rings. The normalized spacial score (nSPS) is 23.0. The summed E-state index contributed by atoms with van der Waals surface area (Å²) >= 11 is 0. The summed E-state index contributed by atoms with van der Waals surface area (Å²) in [5.74, 6) is 1.43. The zero-order valence-corrected chi connectivity index (χ0v) is 13.8. The van der Waals surface area contributed by atoms with Crippen molar-refractivity contribution in [1.29, 1.82) is 0 Å². The molecule has 1 aromatic carbocycles. The van der Waals surface area contributed by atoms with Crippen molar-refractivity contribution in [3.8, 4) is 5.75 Å². The van der Waals surface area contributed by atoms with Gasteiger partial charge in [-0.05, 0) is 51.3 Å². The molecule has 0 radical (unpaired) electrons. The van der Waals surface area contributed by atoms with Gasteiger partial charge in [0.25, 0.3) is 0 Å². The van der Waals surface area contributed by atoms with Crippen molar-refractivity contribution in [2.24, 2.45) is 0 Å². The Labute approximate surface area is 127 Å². The number of hydrogen-bond donors (Lipinski definition) is 1. The highest BCUT2D eigenvalue weighted by Crippen LogP contribution is 2.22. The first-order chi connectivity index (χ1) is 9.85. The molecule has 2 atom stereocenters. The molecule has 5 heteroatoms. The third-order valence-electron chi connectivity index (χ3n) is 3.68. The molecule has 0 spiro atoms. The van der Waals surface area contributed by atoms with E-state index in [2.05, 4.69) is 12.2 Å². The van der Waals surface area contributed by atoms with E-state index in [0.29, 0.717) is 5.75 Å². The Kier molecular flexibility index (Phi) is 5.27. The van der Waals surface area contributed by atoms with Crippen molar-refractivity contribution in [2.45, 2.75) is 51.8 Å². The van der Waals surface area contributed by atoms with Gasteiger partial charge in [-0.1, -0.05) is 12.1 Å².